The molecule has 1 heterocycles. The number of nitrogens with one attached hydrogen (secondary N) is 1. The number of hydrogen-bond donors (Lipinski definition) is 1. The zero-order chi connectivity index (χ0) is 13.9. The molecule has 1 aromatic carbocycles. The van der Waals surface area contributed by atoms with E-state index in [0.717, 1.165) is 18.7 Å². The minimum atomic E-state index is -3.16. The molecule has 1 atom stereocenters. The minimum absolute atomic E-state index is 0.189. The molecule has 106 valence electrons. The molecule has 0 unspecified atom stereocenters. The Hall–Kier alpha value is -1.07. The van der Waals surface area contributed by atoms with E-state index in [1.165, 1.54) is 31.2 Å². The van der Waals surface area contributed by atoms with Crippen LogP contribution in [0.3, 0.4) is 0 Å². The number of anilines is 1. The molecule has 1 fully saturated rings. The lowest BCUT2D eigenvalue weighted by Crippen LogP contribution is -2.29. The summed E-state index contributed by atoms with van der Waals surface area (Å²) in [7, 11) is -3.16. The Balaban J connectivity index is 2.05. The topological polar surface area (TPSA) is 49.4 Å². The van der Waals surface area contributed by atoms with Gasteiger partial charge >= 0.3 is 0 Å². The van der Waals surface area contributed by atoms with Crippen LogP contribution in [-0.2, 0) is 10.0 Å². The fourth-order valence-corrected chi connectivity index (χ4v) is 3.29. The van der Waals surface area contributed by atoms with Gasteiger partial charge in [-0.25, -0.2) is 13.1 Å². The Morgan fingerprint density at radius 1 is 1.11 bits per heavy atom. The summed E-state index contributed by atoms with van der Waals surface area (Å²) < 4.78 is 25.0. The van der Waals surface area contributed by atoms with Crippen LogP contribution < -0.4 is 9.62 Å². The van der Waals surface area contributed by atoms with Crippen molar-refractivity contribution in [3.63, 3.8) is 0 Å². The second-order valence-electron chi connectivity index (χ2n) is 5.25. The Kier molecular flexibility index (Phi) is 4.47. The average molecular weight is 282 g/mol. The zero-order valence-electron chi connectivity index (χ0n) is 11.6. The molecule has 2 rings (SSSR count). The van der Waals surface area contributed by atoms with Crippen LogP contribution in [0.15, 0.2) is 24.3 Å². The van der Waals surface area contributed by atoms with Gasteiger partial charge in [-0.15, -0.1) is 0 Å². The molecule has 4 nitrogen and oxygen atoms in total. The number of nitrogens with zero attached hydrogens (tertiary/aromatic N) is 1. The van der Waals surface area contributed by atoms with Crippen molar-refractivity contribution in [3.8, 4) is 0 Å². The summed E-state index contributed by atoms with van der Waals surface area (Å²) in [5.41, 5.74) is 2.22. The molecule has 0 radical (unpaired) electrons. The van der Waals surface area contributed by atoms with Crippen LogP contribution in [-0.4, -0.2) is 27.8 Å². The fourth-order valence-electron chi connectivity index (χ4n) is 2.52. The normalized spacial score (nSPS) is 18.3. The van der Waals surface area contributed by atoms with E-state index in [2.05, 4.69) is 21.8 Å². The molecule has 0 bridgehead atoms. The van der Waals surface area contributed by atoms with Gasteiger partial charge in [0, 0.05) is 24.8 Å². The summed E-state index contributed by atoms with van der Waals surface area (Å²) in [6.07, 6.45) is 5.02. The van der Waals surface area contributed by atoms with Crippen LogP contribution in [0.2, 0.25) is 0 Å². The number of piperidine rings is 1. The third kappa shape index (κ3) is 4.21. The molecule has 1 aliphatic heterocycles. The van der Waals surface area contributed by atoms with E-state index < -0.39 is 10.0 Å². The molecule has 19 heavy (non-hydrogen) atoms. The van der Waals surface area contributed by atoms with Gasteiger partial charge in [-0.3, -0.25) is 0 Å². The summed E-state index contributed by atoms with van der Waals surface area (Å²) in [4.78, 5) is 2.39. The average Bonchev–Trinajstić information content (AvgIpc) is 2.38. The third-order valence-corrected chi connectivity index (χ3v) is 4.29. The molecule has 0 aliphatic carbocycles. The van der Waals surface area contributed by atoms with Crippen LogP contribution in [0.1, 0.15) is 37.8 Å². The van der Waals surface area contributed by atoms with Gasteiger partial charge in [0.25, 0.3) is 0 Å². The van der Waals surface area contributed by atoms with E-state index >= 15 is 0 Å². The second-order valence-corrected chi connectivity index (χ2v) is 7.03. The predicted molar refractivity (Wildman–Crippen MR) is 78.9 cm³/mol. The molecule has 1 aromatic rings. The lowest BCUT2D eigenvalue weighted by molar-refractivity contribution is 0.572. The summed E-state index contributed by atoms with van der Waals surface area (Å²) in [5.74, 6) is 0. The van der Waals surface area contributed by atoms with E-state index in [9.17, 15) is 8.42 Å². The predicted octanol–water partition coefficient (Wildman–Crippen LogP) is 2.29. The highest BCUT2D eigenvalue weighted by molar-refractivity contribution is 7.88. The Morgan fingerprint density at radius 3 is 2.21 bits per heavy atom. The highest BCUT2D eigenvalue weighted by Gasteiger charge is 2.13. The van der Waals surface area contributed by atoms with Crippen molar-refractivity contribution < 1.29 is 8.42 Å². The molecule has 5 heteroatoms. The van der Waals surface area contributed by atoms with E-state index in [4.69, 9.17) is 0 Å². The van der Waals surface area contributed by atoms with Gasteiger partial charge in [-0.1, -0.05) is 12.1 Å². The molecular weight excluding hydrogens is 260 g/mol. The maximum absolute atomic E-state index is 11.2. The van der Waals surface area contributed by atoms with Crippen LogP contribution in [0.25, 0.3) is 0 Å². The van der Waals surface area contributed by atoms with Gasteiger partial charge < -0.3 is 4.90 Å². The van der Waals surface area contributed by atoms with Gasteiger partial charge in [0.15, 0.2) is 0 Å². The van der Waals surface area contributed by atoms with Crippen molar-refractivity contribution >= 4 is 15.7 Å². The van der Waals surface area contributed by atoms with Crippen LogP contribution in [0.4, 0.5) is 5.69 Å². The van der Waals surface area contributed by atoms with Gasteiger partial charge in [0.05, 0.1) is 6.26 Å². The third-order valence-electron chi connectivity index (χ3n) is 3.51. The minimum Gasteiger partial charge on any atom is -0.372 e. The SMILES string of the molecule is C[C@@H](NS(C)(=O)=O)c1ccc(N2CCCCC2)cc1. The Morgan fingerprint density at radius 2 is 1.68 bits per heavy atom. The molecule has 0 aromatic heterocycles. The first-order valence-corrected chi connectivity index (χ1v) is 8.67. The Labute approximate surface area is 115 Å². The lowest BCUT2D eigenvalue weighted by Gasteiger charge is -2.29. The Bertz CT molecular complexity index is 505. The second kappa shape index (κ2) is 5.92. The smallest absolute Gasteiger partial charge is 0.209 e. The van der Waals surface area contributed by atoms with Gasteiger partial charge in [0.2, 0.25) is 10.0 Å². The molecule has 0 amide bonds. The first-order valence-electron chi connectivity index (χ1n) is 6.78. The van der Waals surface area contributed by atoms with Crippen LogP contribution >= 0.6 is 0 Å². The van der Waals surface area contributed by atoms with E-state index in [1.54, 1.807) is 0 Å². The number of benzene rings is 1. The highest BCUT2D eigenvalue weighted by atomic mass is 32.2. The highest BCUT2D eigenvalue weighted by Crippen LogP contribution is 2.22. The van der Waals surface area contributed by atoms with E-state index in [1.807, 2.05) is 19.1 Å². The van der Waals surface area contributed by atoms with E-state index in [0.29, 0.717) is 0 Å². The summed E-state index contributed by atoms with van der Waals surface area (Å²) in [6.45, 7) is 4.10. The molecule has 1 saturated heterocycles. The van der Waals surface area contributed by atoms with Gasteiger partial charge in [0.1, 0.15) is 0 Å². The largest absolute Gasteiger partial charge is 0.372 e. The monoisotopic (exact) mass is 282 g/mol. The maximum atomic E-state index is 11.2. The van der Waals surface area contributed by atoms with Crippen molar-refractivity contribution in [3.05, 3.63) is 29.8 Å². The standard InChI is InChI=1S/C14H22N2O2S/c1-12(15-19(2,17)18)13-6-8-14(9-7-13)16-10-4-3-5-11-16/h6-9,12,15H,3-5,10-11H2,1-2H3/t12-/m1/s1. The first kappa shape index (κ1) is 14.3. The van der Waals surface area contributed by atoms with Gasteiger partial charge in [-0.05, 0) is 43.9 Å². The van der Waals surface area contributed by atoms with Crippen molar-refractivity contribution in [2.45, 2.75) is 32.2 Å². The number of sulfonamides is 1. The fraction of sp³-hybridized carbons (Fsp3) is 0.571. The summed E-state index contributed by atoms with van der Waals surface area (Å²) >= 11 is 0. The molecule has 0 spiro atoms. The van der Waals surface area contributed by atoms with E-state index in [-0.39, 0.29) is 6.04 Å². The number of hydrogen-bond acceptors (Lipinski definition) is 3. The zero-order valence-corrected chi connectivity index (χ0v) is 12.4. The van der Waals surface area contributed by atoms with Crippen molar-refractivity contribution in [2.24, 2.45) is 0 Å². The van der Waals surface area contributed by atoms with Gasteiger partial charge in [-0.2, -0.15) is 0 Å². The van der Waals surface area contributed by atoms with Crippen LogP contribution in [0.5, 0.6) is 0 Å². The molecule has 1 aliphatic rings. The quantitative estimate of drug-likeness (QED) is 0.922. The van der Waals surface area contributed by atoms with Crippen LogP contribution in [0, 0.1) is 0 Å². The lowest BCUT2D eigenvalue weighted by atomic mass is 10.1. The molecular formula is C14H22N2O2S. The van der Waals surface area contributed by atoms with Crippen molar-refractivity contribution in [1.29, 1.82) is 0 Å². The maximum Gasteiger partial charge on any atom is 0.209 e. The van der Waals surface area contributed by atoms with Crippen molar-refractivity contribution in [1.82, 2.24) is 4.72 Å². The molecule has 1 N–H and O–H groups in total. The van der Waals surface area contributed by atoms with Crippen molar-refractivity contribution in [2.75, 3.05) is 24.2 Å². The number of rotatable bonds is 4. The summed E-state index contributed by atoms with van der Waals surface area (Å²) in [6, 6.07) is 7.99. The molecule has 0 saturated carbocycles. The first-order chi connectivity index (χ1) is 8.96. The summed E-state index contributed by atoms with van der Waals surface area (Å²) in [5, 5.41) is 0.